The Morgan fingerprint density at radius 1 is 1.31 bits per heavy atom. The molecule has 0 bridgehead atoms. The van der Waals surface area contributed by atoms with E-state index in [1.807, 2.05) is 12.1 Å². The predicted octanol–water partition coefficient (Wildman–Crippen LogP) is 2.14. The van der Waals surface area contributed by atoms with Gasteiger partial charge in [0.05, 0.1) is 17.0 Å². The number of fused-ring (bicyclic) bond motifs is 1. The zero-order valence-electron chi connectivity index (χ0n) is 15.0. The molecule has 26 heavy (non-hydrogen) atoms. The van der Waals surface area contributed by atoms with Gasteiger partial charge in [-0.15, -0.1) is 0 Å². The molecule has 3 heterocycles. The summed E-state index contributed by atoms with van der Waals surface area (Å²) in [7, 11) is 0. The molecule has 1 saturated heterocycles. The SMILES string of the molecule is O=C(O)c1ccccc1CC1CCN(Cc2cc3n(n2)CCCNC3)C1. The fourth-order valence-corrected chi connectivity index (χ4v) is 4.17. The van der Waals surface area contributed by atoms with Crippen LogP contribution in [0.3, 0.4) is 0 Å². The summed E-state index contributed by atoms with van der Waals surface area (Å²) in [5.41, 5.74) is 3.82. The van der Waals surface area contributed by atoms with Gasteiger partial charge in [0.1, 0.15) is 0 Å². The quantitative estimate of drug-likeness (QED) is 0.861. The highest BCUT2D eigenvalue weighted by Gasteiger charge is 2.25. The lowest BCUT2D eigenvalue weighted by Crippen LogP contribution is -2.21. The lowest BCUT2D eigenvalue weighted by Gasteiger charge is -2.15. The van der Waals surface area contributed by atoms with Crippen LogP contribution in [0.5, 0.6) is 0 Å². The molecular formula is C20H26N4O2. The fourth-order valence-electron chi connectivity index (χ4n) is 4.17. The number of carbonyl (C=O) groups is 1. The zero-order valence-corrected chi connectivity index (χ0v) is 15.0. The molecule has 6 nitrogen and oxygen atoms in total. The standard InChI is InChI=1S/C20H26N4O2/c25-20(26)19-5-2-1-4-16(19)10-15-6-9-23(13-15)14-17-11-18-12-21-7-3-8-24(18)22-17/h1-2,4-5,11,15,21H,3,6-10,12-14H2,(H,25,26). The van der Waals surface area contributed by atoms with Crippen molar-refractivity contribution in [3.05, 3.63) is 52.8 Å². The topological polar surface area (TPSA) is 70.4 Å². The van der Waals surface area contributed by atoms with Gasteiger partial charge in [0.25, 0.3) is 0 Å². The zero-order chi connectivity index (χ0) is 17.9. The van der Waals surface area contributed by atoms with Crippen molar-refractivity contribution in [1.29, 1.82) is 0 Å². The highest BCUT2D eigenvalue weighted by Crippen LogP contribution is 2.24. The Balaban J connectivity index is 1.36. The van der Waals surface area contributed by atoms with E-state index in [4.69, 9.17) is 5.10 Å². The monoisotopic (exact) mass is 354 g/mol. The smallest absolute Gasteiger partial charge is 0.335 e. The number of aryl methyl sites for hydroxylation is 1. The average molecular weight is 354 g/mol. The minimum atomic E-state index is -0.830. The molecule has 1 atom stereocenters. The molecule has 2 aromatic rings. The van der Waals surface area contributed by atoms with E-state index in [9.17, 15) is 9.90 Å². The van der Waals surface area contributed by atoms with Gasteiger partial charge in [-0.3, -0.25) is 9.58 Å². The molecule has 138 valence electrons. The predicted molar refractivity (Wildman–Crippen MR) is 99.0 cm³/mol. The van der Waals surface area contributed by atoms with Crippen molar-refractivity contribution in [1.82, 2.24) is 20.0 Å². The minimum absolute atomic E-state index is 0.441. The second-order valence-electron chi connectivity index (χ2n) is 7.44. The number of carboxylic acids is 1. The first-order valence-corrected chi connectivity index (χ1v) is 9.49. The molecule has 0 aliphatic carbocycles. The molecule has 6 heteroatoms. The number of aromatic nitrogens is 2. The Hall–Kier alpha value is -2.18. The largest absolute Gasteiger partial charge is 0.478 e. The van der Waals surface area contributed by atoms with Crippen molar-refractivity contribution in [3.8, 4) is 0 Å². The highest BCUT2D eigenvalue weighted by atomic mass is 16.4. The molecular weight excluding hydrogens is 328 g/mol. The molecule has 0 saturated carbocycles. The van der Waals surface area contributed by atoms with Gasteiger partial charge in [0, 0.05) is 26.2 Å². The minimum Gasteiger partial charge on any atom is -0.478 e. The van der Waals surface area contributed by atoms with E-state index in [2.05, 4.69) is 21.0 Å². The molecule has 1 aromatic heterocycles. The third kappa shape index (κ3) is 3.81. The summed E-state index contributed by atoms with van der Waals surface area (Å²) in [4.78, 5) is 13.8. The van der Waals surface area contributed by atoms with E-state index in [0.717, 1.165) is 69.8 Å². The maximum atomic E-state index is 11.4. The Kier molecular flexibility index (Phi) is 5.04. The van der Waals surface area contributed by atoms with Crippen LogP contribution in [0, 0.1) is 5.92 Å². The van der Waals surface area contributed by atoms with Gasteiger partial charge >= 0.3 is 5.97 Å². The molecule has 0 spiro atoms. The summed E-state index contributed by atoms with van der Waals surface area (Å²) in [6.45, 7) is 5.91. The number of nitrogens with one attached hydrogen (secondary N) is 1. The maximum absolute atomic E-state index is 11.4. The molecule has 2 aliphatic heterocycles. The number of nitrogens with zero attached hydrogens (tertiary/aromatic N) is 3. The number of hydrogen-bond acceptors (Lipinski definition) is 4. The molecule has 4 rings (SSSR count). The van der Waals surface area contributed by atoms with E-state index in [-0.39, 0.29) is 0 Å². The van der Waals surface area contributed by atoms with Crippen LogP contribution in [0.25, 0.3) is 0 Å². The van der Waals surface area contributed by atoms with Gasteiger partial charge in [-0.2, -0.15) is 5.10 Å². The van der Waals surface area contributed by atoms with Gasteiger partial charge in [0.15, 0.2) is 0 Å². The Labute approximate surface area is 153 Å². The van der Waals surface area contributed by atoms with Crippen LogP contribution in [-0.2, 0) is 26.1 Å². The van der Waals surface area contributed by atoms with Crippen LogP contribution in [0.2, 0.25) is 0 Å². The molecule has 1 unspecified atom stereocenters. The van der Waals surface area contributed by atoms with Crippen LogP contribution < -0.4 is 5.32 Å². The number of hydrogen-bond donors (Lipinski definition) is 2. The van der Waals surface area contributed by atoms with Crippen molar-refractivity contribution in [3.63, 3.8) is 0 Å². The van der Waals surface area contributed by atoms with Gasteiger partial charge < -0.3 is 10.4 Å². The summed E-state index contributed by atoms with van der Waals surface area (Å²) in [5, 5.41) is 17.6. The first-order valence-electron chi connectivity index (χ1n) is 9.49. The van der Waals surface area contributed by atoms with Crippen molar-refractivity contribution >= 4 is 5.97 Å². The highest BCUT2D eigenvalue weighted by molar-refractivity contribution is 5.89. The number of carboxylic acid groups (broad SMARTS) is 1. The lowest BCUT2D eigenvalue weighted by atomic mass is 9.95. The van der Waals surface area contributed by atoms with Gasteiger partial charge in [0.2, 0.25) is 0 Å². The van der Waals surface area contributed by atoms with E-state index in [1.54, 1.807) is 12.1 Å². The van der Waals surface area contributed by atoms with Crippen LogP contribution in [-0.4, -0.2) is 45.4 Å². The van der Waals surface area contributed by atoms with Crippen molar-refractivity contribution in [2.45, 2.75) is 38.9 Å². The fraction of sp³-hybridized carbons (Fsp3) is 0.500. The summed E-state index contributed by atoms with van der Waals surface area (Å²) in [6, 6.07) is 9.61. The lowest BCUT2D eigenvalue weighted by molar-refractivity contribution is 0.0695. The van der Waals surface area contributed by atoms with E-state index < -0.39 is 5.97 Å². The summed E-state index contributed by atoms with van der Waals surface area (Å²) in [6.07, 6.45) is 3.08. The number of benzene rings is 1. The number of likely N-dealkylation sites (tertiary alicyclic amines) is 1. The Morgan fingerprint density at radius 3 is 3.08 bits per heavy atom. The molecule has 1 fully saturated rings. The van der Waals surface area contributed by atoms with Crippen LogP contribution in [0.1, 0.15) is 40.2 Å². The van der Waals surface area contributed by atoms with Gasteiger partial charge in [-0.05, 0) is 56.0 Å². The molecule has 1 aromatic carbocycles. The van der Waals surface area contributed by atoms with Crippen LogP contribution >= 0.6 is 0 Å². The third-order valence-electron chi connectivity index (χ3n) is 5.46. The molecule has 0 radical (unpaired) electrons. The first kappa shape index (κ1) is 17.2. The van der Waals surface area contributed by atoms with Crippen molar-refractivity contribution in [2.75, 3.05) is 19.6 Å². The van der Waals surface area contributed by atoms with Gasteiger partial charge in [-0.1, -0.05) is 18.2 Å². The third-order valence-corrected chi connectivity index (χ3v) is 5.46. The van der Waals surface area contributed by atoms with Gasteiger partial charge in [-0.25, -0.2) is 4.79 Å². The molecule has 0 amide bonds. The Morgan fingerprint density at radius 2 is 2.19 bits per heavy atom. The summed E-state index contributed by atoms with van der Waals surface area (Å²) < 4.78 is 2.14. The normalized spacial score (nSPS) is 20.7. The van der Waals surface area contributed by atoms with Crippen LogP contribution in [0.15, 0.2) is 30.3 Å². The van der Waals surface area contributed by atoms with E-state index in [0.29, 0.717) is 11.5 Å². The van der Waals surface area contributed by atoms with E-state index in [1.165, 1.54) is 5.69 Å². The maximum Gasteiger partial charge on any atom is 0.335 e. The van der Waals surface area contributed by atoms with Crippen LogP contribution in [0.4, 0.5) is 0 Å². The Bertz CT molecular complexity index is 762. The van der Waals surface area contributed by atoms with Crippen molar-refractivity contribution in [2.24, 2.45) is 5.92 Å². The second kappa shape index (κ2) is 7.60. The summed E-state index contributed by atoms with van der Waals surface area (Å²) >= 11 is 0. The second-order valence-corrected chi connectivity index (χ2v) is 7.44. The van der Waals surface area contributed by atoms with E-state index >= 15 is 0 Å². The molecule has 2 aliphatic rings. The van der Waals surface area contributed by atoms with Crippen molar-refractivity contribution < 1.29 is 9.90 Å². The summed E-state index contributed by atoms with van der Waals surface area (Å²) in [5.74, 6) is -0.318. The average Bonchev–Trinajstić information content (AvgIpc) is 3.16. The number of aromatic carboxylic acids is 1. The number of rotatable bonds is 5. The molecule has 2 N–H and O–H groups in total. The first-order chi connectivity index (χ1) is 12.7.